The van der Waals surface area contributed by atoms with E-state index in [4.69, 9.17) is 0 Å². The zero-order valence-corrected chi connectivity index (χ0v) is 13.4. The Morgan fingerprint density at radius 1 is 1.33 bits per heavy atom. The molecule has 21 heavy (non-hydrogen) atoms. The summed E-state index contributed by atoms with van der Waals surface area (Å²) >= 11 is 0. The number of hydrogen-bond donors (Lipinski definition) is 2. The summed E-state index contributed by atoms with van der Waals surface area (Å²) in [5.41, 5.74) is 3.13. The van der Waals surface area contributed by atoms with Crippen molar-refractivity contribution in [2.24, 2.45) is 0 Å². The topological polar surface area (TPSA) is 44.4 Å². The molecule has 0 aromatic heterocycles. The number of amides is 1. The minimum Gasteiger partial charge on any atom is -0.383 e. The minimum absolute atomic E-state index is 0.0577. The second-order valence-corrected chi connectivity index (χ2v) is 5.89. The number of nitrogens with one attached hydrogen (secondary N) is 2. The van der Waals surface area contributed by atoms with Crippen molar-refractivity contribution < 1.29 is 4.79 Å². The molecule has 1 unspecified atom stereocenters. The molecular formula is C17H27N3O. The summed E-state index contributed by atoms with van der Waals surface area (Å²) in [6.07, 6.45) is 4.39. The van der Waals surface area contributed by atoms with Gasteiger partial charge in [0.1, 0.15) is 0 Å². The van der Waals surface area contributed by atoms with E-state index in [2.05, 4.69) is 35.6 Å². The Balaban J connectivity index is 1.99. The van der Waals surface area contributed by atoms with E-state index in [1.54, 1.807) is 0 Å². The maximum atomic E-state index is 11.6. The van der Waals surface area contributed by atoms with Crippen LogP contribution in [0.3, 0.4) is 0 Å². The lowest BCUT2D eigenvalue weighted by molar-refractivity contribution is -0.115. The molecule has 1 heterocycles. The predicted molar refractivity (Wildman–Crippen MR) is 88.9 cm³/mol. The molecule has 1 aliphatic heterocycles. The first kappa shape index (κ1) is 15.8. The Hall–Kier alpha value is -1.55. The molecule has 4 heteroatoms. The third-order valence-corrected chi connectivity index (χ3v) is 4.38. The number of anilines is 2. The molecule has 0 bridgehead atoms. The Labute approximate surface area is 127 Å². The molecule has 1 aliphatic rings. The fraction of sp³-hybridized carbons (Fsp3) is 0.588. The van der Waals surface area contributed by atoms with Gasteiger partial charge in [0, 0.05) is 30.4 Å². The van der Waals surface area contributed by atoms with Gasteiger partial charge in [-0.25, -0.2) is 0 Å². The van der Waals surface area contributed by atoms with Crippen LogP contribution in [0.2, 0.25) is 0 Å². The number of carbonyl (C=O) groups excluding carboxylic acids is 1. The van der Waals surface area contributed by atoms with Crippen molar-refractivity contribution in [2.45, 2.75) is 45.6 Å². The lowest BCUT2D eigenvalue weighted by atomic mass is 10.0. The van der Waals surface area contributed by atoms with Crippen LogP contribution in [0.4, 0.5) is 11.4 Å². The normalized spacial score (nSPS) is 19.3. The molecule has 0 radical (unpaired) electrons. The summed E-state index contributed by atoms with van der Waals surface area (Å²) in [6.45, 7) is 6.07. The summed E-state index contributed by atoms with van der Waals surface area (Å²) < 4.78 is 0. The van der Waals surface area contributed by atoms with Crippen LogP contribution in [-0.4, -0.2) is 37.0 Å². The maximum Gasteiger partial charge on any atom is 0.224 e. The smallest absolute Gasteiger partial charge is 0.224 e. The quantitative estimate of drug-likeness (QED) is 0.874. The largest absolute Gasteiger partial charge is 0.383 e. The molecule has 1 aromatic rings. The van der Waals surface area contributed by atoms with Gasteiger partial charge in [0.05, 0.1) is 0 Å². The van der Waals surface area contributed by atoms with Gasteiger partial charge in [-0.3, -0.25) is 4.79 Å². The van der Waals surface area contributed by atoms with Gasteiger partial charge in [0.25, 0.3) is 0 Å². The average Bonchev–Trinajstić information content (AvgIpc) is 2.49. The monoisotopic (exact) mass is 289 g/mol. The molecule has 1 fully saturated rings. The highest BCUT2D eigenvalue weighted by Crippen LogP contribution is 2.24. The number of hydrogen-bond acceptors (Lipinski definition) is 3. The van der Waals surface area contributed by atoms with Crippen LogP contribution in [0.5, 0.6) is 0 Å². The SMILES string of the molecule is CCC(=O)Nc1cccc(NCC2CCCCN2C)c1C. The van der Waals surface area contributed by atoms with Crippen molar-refractivity contribution in [3.8, 4) is 0 Å². The zero-order chi connectivity index (χ0) is 15.2. The standard InChI is InChI=1S/C17H27N3O/c1-4-17(21)19-16-10-7-9-15(13(16)2)18-12-14-8-5-6-11-20(14)3/h7,9-10,14,18H,4-6,8,11-12H2,1-3H3,(H,19,21). The van der Waals surface area contributed by atoms with E-state index in [0.717, 1.165) is 23.5 Å². The van der Waals surface area contributed by atoms with Crippen LogP contribution >= 0.6 is 0 Å². The summed E-state index contributed by atoms with van der Waals surface area (Å²) in [4.78, 5) is 14.0. The van der Waals surface area contributed by atoms with Gasteiger partial charge in [-0.1, -0.05) is 19.4 Å². The van der Waals surface area contributed by atoms with Crippen molar-refractivity contribution in [3.63, 3.8) is 0 Å². The fourth-order valence-corrected chi connectivity index (χ4v) is 2.83. The van der Waals surface area contributed by atoms with E-state index >= 15 is 0 Å². The highest BCUT2D eigenvalue weighted by molar-refractivity contribution is 5.92. The second-order valence-electron chi connectivity index (χ2n) is 5.89. The van der Waals surface area contributed by atoms with Crippen molar-refractivity contribution >= 4 is 17.3 Å². The number of carbonyl (C=O) groups is 1. The van der Waals surface area contributed by atoms with Crippen molar-refractivity contribution in [1.29, 1.82) is 0 Å². The van der Waals surface area contributed by atoms with E-state index in [-0.39, 0.29) is 5.91 Å². The summed E-state index contributed by atoms with van der Waals surface area (Å²) in [5.74, 6) is 0.0577. The van der Waals surface area contributed by atoms with Gasteiger partial charge in [0.15, 0.2) is 0 Å². The van der Waals surface area contributed by atoms with Crippen LogP contribution in [0.1, 0.15) is 38.2 Å². The molecule has 4 nitrogen and oxygen atoms in total. The first-order valence-corrected chi connectivity index (χ1v) is 7.95. The van der Waals surface area contributed by atoms with Gasteiger partial charge in [0.2, 0.25) is 5.91 Å². The van der Waals surface area contributed by atoms with Crippen LogP contribution in [-0.2, 0) is 4.79 Å². The van der Waals surface area contributed by atoms with Crippen molar-refractivity contribution in [3.05, 3.63) is 23.8 Å². The summed E-state index contributed by atoms with van der Waals surface area (Å²) in [7, 11) is 2.20. The van der Waals surface area contributed by atoms with Crippen LogP contribution < -0.4 is 10.6 Å². The van der Waals surface area contributed by atoms with Gasteiger partial charge in [-0.15, -0.1) is 0 Å². The summed E-state index contributed by atoms with van der Waals surface area (Å²) in [6, 6.07) is 6.64. The minimum atomic E-state index is 0.0577. The molecule has 2 N–H and O–H groups in total. The van der Waals surface area contributed by atoms with Gasteiger partial charge in [-0.2, -0.15) is 0 Å². The van der Waals surface area contributed by atoms with Gasteiger partial charge >= 0.3 is 0 Å². The molecule has 116 valence electrons. The number of nitrogens with zero attached hydrogens (tertiary/aromatic N) is 1. The Kier molecular flexibility index (Phi) is 5.62. The number of benzene rings is 1. The van der Waals surface area contributed by atoms with E-state index < -0.39 is 0 Å². The Morgan fingerprint density at radius 2 is 2.10 bits per heavy atom. The molecule has 1 atom stereocenters. The fourth-order valence-electron chi connectivity index (χ4n) is 2.83. The molecule has 0 spiro atoms. The molecule has 1 saturated heterocycles. The third kappa shape index (κ3) is 4.21. The van der Waals surface area contributed by atoms with E-state index in [1.807, 2.05) is 19.1 Å². The van der Waals surface area contributed by atoms with Gasteiger partial charge < -0.3 is 15.5 Å². The zero-order valence-electron chi connectivity index (χ0n) is 13.4. The van der Waals surface area contributed by atoms with Crippen LogP contribution in [0, 0.1) is 6.92 Å². The molecule has 1 amide bonds. The number of piperidine rings is 1. The summed E-state index contributed by atoms with van der Waals surface area (Å²) in [5, 5.41) is 6.51. The van der Waals surface area contributed by atoms with Gasteiger partial charge in [-0.05, 0) is 51.1 Å². The molecule has 1 aromatic carbocycles. The van der Waals surface area contributed by atoms with E-state index in [1.165, 1.54) is 25.8 Å². The molecule has 0 saturated carbocycles. The Bertz CT molecular complexity index is 487. The average molecular weight is 289 g/mol. The van der Waals surface area contributed by atoms with Crippen LogP contribution in [0.25, 0.3) is 0 Å². The molecule has 2 rings (SSSR count). The predicted octanol–water partition coefficient (Wildman–Crippen LogP) is 3.24. The lowest BCUT2D eigenvalue weighted by Gasteiger charge is -2.33. The maximum absolute atomic E-state index is 11.6. The lowest BCUT2D eigenvalue weighted by Crippen LogP contribution is -2.40. The van der Waals surface area contributed by atoms with Crippen molar-refractivity contribution in [1.82, 2.24) is 4.90 Å². The highest BCUT2D eigenvalue weighted by Gasteiger charge is 2.18. The van der Waals surface area contributed by atoms with Crippen molar-refractivity contribution in [2.75, 3.05) is 30.8 Å². The van der Waals surface area contributed by atoms with E-state index in [9.17, 15) is 4.79 Å². The third-order valence-electron chi connectivity index (χ3n) is 4.38. The molecule has 0 aliphatic carbocycles. The number of likely N-dealkylation sites (N-methyl/N-ethyl adjacent to an activating group) is 1. The second kappa shape index (κ2) is 7.46. The Morgan fingerprint density at radius 3 is 2.81 bits per heavy atom. The first-order chi connectivity index (χ1) is 10.1. The number of rotatable bonds is 5. The van der Waals surface area contributed by atoms with Crippen LogP contribution in [0.15, 0.2) is 18.2 Å². The number of likely N-dealkylation sites (tertiary alicyclic amines) is 1. The first-order valence-electron chi connectivity index (χ1n) is 7.95. The van der Waals surface area contributed by atoms with E-state index in [0.29, 0.717) is 12.5 Å². The highest BCUT2D eigenvalue weighted by atomic mass is 16.1. The molecular weight excluding hydrogens is 262 g/mol.